The van der Waals surface area contributed by atoms with Crippen LogP contribution in [0.4, 0.5) is 4.39 Å². The van der Waals surface area contributed by atoms with Crippen molar-refractivity contribution in [3.63, 3.8) is 0 Å². The summed E-state index contributed by atoms with van der Waals surface area (Å²) in [4.78, 5) is 13.0. The molecule has 1 aliphatic heterocycles. The highest BCUT2D eigenvalue weighted by Crippen LogP contribution is 2.26. The Labute approximate surface area is 178 Å². The lowest BCUT2D eigenvalue weighted by Crippen LogP contribution is -2.46. The number of carbonyl (C=O) groups excluding carboxylic acids is 1. The normalized spacial score (nSPS) is 18.7. The maximum Gasteiger partial charge on any atom is 0.243 e. The fraction of sp³-hybridized carbons (Fsp3) is 0.435. The first-order chi connectivity index (χ1) is 14.2. The standard InChI is InChI=1S/C23H29FN2O3S/c1-4-22(18-8-7-16(2)17(3)14-18)25-23(27)19-6-5-13-26(15-19)30(28,29)21-11-9-20(24)10-12-21/h7-12,14,19,22H,4-6,13,15H2,1-3H3,(H,25,27)/t19-,22+/m1/s1. The minimum absolute atomic E-state index is 0.0477. The number of amides is 1. The van der Waals surface area contributed by atoms with Crippen LogP contribution in [0, 0.1) is 25.6 Å². The van der Waals surface area contributed by atoms with Gasteiger partial charge < -0.3 is 5.32 Å². The second-order valence-corrected chi connectivity index (χ2v) is 9.91. The zero-order valence-electron chi connectivity index (χ0n) is 17.7. The van der Waals surface area contributed by atoms with Gasteiger partial charge in [0.15, 0.2) is 0 Å². The molecule has 0 bridgehead atoms. The minimum atomic E-state index is -3.76. The van der Waals surface area contributed by atoms with E-state index in [0.717, 1.165) is 24.1 Å². The highest BCUT2D eigenvalue weighted by Gasteiger charge is 2.34. The Morgan fingerprint density at radius 3 is 2.50 bits per heavy atom. The fourth-order valence-corrected chi connectivity index (χ4v) is 5.35. The van der Waals surface area contributed by atoms with Crippen molar-refractivity contribution in [3.05, 3.63) is 65.0 Å². The van der Waals surface area contributed by atoms with E-state index in [9.17, 15) is 17.6 Å². The van der Waals surface area contributed by atoms with Crippen LogP contribution in [0.3, 0.4) is 0 Å². The third-order valence-electron chi connectivity index (χ3n) is 5.86. The quantitative estimate of drug-likeness (QED) is 0.747. The molecule has 0 unspecified atom stereocenters. The maximum absolute atomic E-state index is 13.2. The molecule has 2 aromatic carbocycles. The van der Waals surface area contributed by atoms with E-state index in [4.69, 9.17) is 0 Å². The lowest BCUT2D eigenvalue weighted by atomic mass is 9.96. The lowest BCUT2D eigenvalue weighted by molar-refractivity contribution is -0.126. The average Bonchev–Trinajstić information content (AvgIpc) is 2.74. The summed E-state index contributed by atoms with van der Waals surface area (Å²) in [6.07, 6.45) is 2.00. The number of hydrogen-bond acceptors (Lipinski definition) is 3. The SMILES string of the molecule is CC[C@H](NC(=O)[C@@H]1CCCN(S(=O)(=O)c2ccc(F)cc2)C1)c1ccc(C)c(C)c1. The van der Waals surface area contributed by atoms with Crippen LogP contribution in [0.5, 0.6) is 0 Å². The molecule has 1 saturated heterocycles. The second kappa shape index (κ2) is 9.27. The summed E-state index contributed by atoms with van der Waals surface area (Å²) in [7, 11) is -3.76. The molecule has 0 aromatic heterocycles. The molecule has 1 heterocycles. The van der Waals surface area contributed by atoms with E-state index in [1.165, 1.54) is 27.6 Å². The molecule has 162 valence electrons. The van der Waals surface area contributed by atoms with Gasteiger partial charge in [0.2, 0.25) is 15.9 Å². The zero-order valence-corrected chi connectivity index (χ0v) is 18.5. The van der Waals surface area contributed by atoms with Crippen LogP contribution in [0.15, 0.2) is 47.4 Å². The van der Waals surface area contributed by atoms with Crippen molar-refractivity contribution in [2.24, 2.45) is 5.92 Å². The summed E-state index contributed by atoms with van der Waals surface area (Å²) in [5, 5.41) is 3.11. The van der Waals surface area contributed by atoms with Crippen LogP contribution in [0.2, 0.25) is 0 Å². The molecule has 0 radical (unpaired) electrons. The van der Waals surface area contributed by atoms with E-state index in [1.54, 1.807) is 0 Å². The van der Waals surface area contributed by atoms with Crippen LogP contribution in [-0.4, -0.2) is 31.7 Å². The fourth-order valence-electron chi connectivity index (χ4n) is 3.82. The Morgan fingerprint density at radius 1 is 1.17 bits per heavy atom. The Kier molecular flexibility index (Phi) is 6.93. The first-order valence-corrected chi connectivity index (χ1v) is 11.8. The van der Waals surface area contributed by atoms with Gasteiger partial charge in [-0.1, -0.05) is 25.1 Å². The summed E-state index contributed by atoms with van der Waals surface area (Å²) >= 11 is 0. The van der Waals surface area contributed by atoms with E-state index in [-0.39, 0.29) is 23.4 Å². The molecule has 1 amide bonds. The Morgan fingerprint density at radius 2 is 1.87 bits per heavy atom. The number of rotatable bonds is 6. The molecule has 0 saturated carbocycles. The van der Waals surface area contributed by atoms with Gasteiger partial charge >= 0.3 is 0 Å². The molecule has 0 aliphatic carbocycles. The first kappa shape index (κ1) is 22.4. The summed E-state index contributed by atoms with van der Waals surface area (Å²) in [5.74, 6) is -1.02. The largest absolute Gasteiger partial charge is 0.349 e. The van der Waals surface area contributed by atoms with Crippen LogP contribution in [0.25, 0.3) is 0 Å². The van der Waals surface area contributed by atoms with Gasteiger partial charge in [-0.15, -0.1) is 0 Å². The van der Waals surface area contributed by atoms with Gasteiger partial charge in [-0.3, -0.25) is 4.79 Å². The number of sulfonamides is 1. The topological polar surface area (TPSA) is 66.5 Å². The van der Waals surface area contributed by atoms with Gasteiger partial charge in [0.05, 0.1) is 16.9 Å². The summed E-state index contributed by atoms with van der Waals surface area (Å²) < 4.78 is 40.3. The highest BCUT2D eigenvalue weighted by atomic mass is 32.2. The van der Waals surface area contributed by atoms with Crippen molar-refractivity contribution in [2.45, 2.75) is 51.0 Å². The molecule has 1 aliphatic rings. The Balaban J connectivity index is 1.71. The van der Waals surface area contributed by atoms with Crippen LogP contribution in [0.1, 0.15) is 48.9 Å². The predicted octanol–water partition coefficient (Wildman–Crippen LogP) is 4.11. The molecule has 2 aromatic rings. The highest BCUT2D eigenvalue weighted by molar-refractivity contribution is 7.89. The molecule has 2 atom stereocenters. The monoisotopic (exact) mass is 432 g/mol. The predicted molar refractivity (Wildman–Crippen MR) is 115 cm³/mol. The third-order valence-corrected chi connectivity index (χ3v) is 7.74. The van der Waals surface area contributed by atoms with Gasteiger partial charge in [0, 0.05) is 13.1 Å². The number of nitrogens with zero attached hydrogens (tertiary/aromatic N) is 1. The second-order valence-electron chi connectivity index (χ2n) is 7.97. The number of piperidine rings is 1. The number of carbonyl (C=O) groups is 1. The smallest absolute Gasteiger partial charge is 0.243 e. The van der Waals surface area contributed by atoms with Crippen molar-refractivity contribution in [2.75, 3.05) is 13.1 Å². The van der Waals surface area contributed by atoms with E-state index in [1.807, 2.05) is 19.9 Å². The number of halogens is 1. The van der Waals surface area contributed by atoms with Crippen LogP contribution < -0.4 is 5.32 Å². The third kappa shape index (κ3) is 4.90. The number of nitrogens with one attached hydrogen (secondary N) is 1. The van der Waals surface area contributed by atoms with Gasteiger partial charge in [-0.05, 0) is 74.1 Å². The first-order valence-electron chi connectivity index (χ1n) is 10.4. The van der Waals surface area contributed by atoms with E-state index < -0.39 is 21.8 Å². The number of aryl methyl sites for hydroxylation is 2. The molecule has 1 fully saturated rings. The van der Waals surface area contributed by atoms with Gasteiger partial charge in [0.1, 0.15) is 5.82 Å². The van der Waals surface area contributed by atoms with Crippen molar-refractivity contribution < 1.29 is 17.6 Å². The summed E-state index contributed by atoms with van der Waals surface area (Å²) in [5.41, 5.74) is 3.43. The molecule has 30 heavy (non-hydrogen) atoms. The number of benzene rings is 2. The Hall–Kier alpha value is -2.25. The molecular weight excluding hydrogens is 403 g/mol. The molecule has 5 nitrogen and oxygen atoms in total. The maximum atomic E-state index is 13.2. The minimum Gasteiger partial charge on any atom is -0.349 e. The van der Waals surface area contributed by atoms with Crippen molar-refractivity contribution in [1.82, 2.24) is 9.62 Å². The lowest BCUT2D eigenvalue weighted by Gasteiger charge is -2.32. The van der Waals surface area contributed by atoms with E-state index >= 15 is 0 Å². The van der Waals surface area contributed by atoms with Crippen molar-refractivity contribution >= 4 is 15.9 Å². The van der Waals surface area contributed by atoms with Gasteiger partial charge in [-0.2, -0.15) is 4.31 Å². The molecule has 1 N–H and O–H groups in total. The van der Waals surface area contributed by atoms with Crippen LogP contribution >= 0.6 is 0 Å². The molecule has 3 rings (SSSR count). The summed E-state index contributed by atoms with van der Waals surface area (Å²) in [6.45, 7) is 6.61. The molecular formula is C23H29FN2O3S. The van der Waals surface area contributed by atoms with E-state index in [2.05, 4.69) is 24.4 Å². The van der Waals surface area contributed by atoms with Crippen LogP contribution in [-0.2, 0) is 14.8 Å². The van der Waals surface area contributed by atoms with E-state index in [0.29, 0.717) is 19.4 Å². The molecule has 7 heteroatoms. The summed E-state index contributed by atoms with van der Waals surface area (Å²) in [6, 6.07) is 10.9. The molecule has 0 spiro atoms. The zero-order chi connectivity index (χ0) is 21.9. The van der Waals surface area contributed by atoms with Crippen molar-refractivity contribution in [1.29, 1.82) is 0 Å². The van der Waals surface area contributed by atoms with Gasteiger partial charge in [-0.25, -0.2) is 12.8 Å². The average molecular weight is 433 g/mol. The van der Waals surface area contributed by atoms with Crippen molar-refractivity contribution in [3.8, 4) is 0 Å². The Bertz CT molecular complexity index is 1010. The van der Waals surface area contributed by atoms with Gasteiger partial charge in [0.25, 0.3) is 0 Å². The number of hydrogen-bond donors (Lipinski definition) is 1.